The smallest absolute Gasteiger partial charge is 0.257 e. The summed E-state index contributed by atoms with van der Waals surface area (Å²) >= 11 is 6.29. The van der Waals surface area contributed by atoms with Crippen LogP contribution in [0.2, 0.25) is 5.02 Å². The van der Waals surface area contributed by atoms with Gasteiger partial charge in [-0.25, -0.2) is 8.42 Å². The summed E-state index contributed by atoms with van der Waals surface area (Å²) < 4.78 is 31.1. The van der Waals surface area contributed by atoms with E-state index in [4.69, 9.17) is 16.3 Å². The predicted molar refractivity (Wildman–Crippen MR) is 108 cm³/mol. The van der Waals surface area contributed by atoms with E-state index in [0.29, 0.717) is 30.1 Å². The number of ether oxygens (including phenoxy) is 1. The Balaban J connectivity index is 1.86. The molecule has 27 heavy (non-hydrogen) atoms. The number of anilines is 2. The molecule has 1 aliphatic rings. The van der Waals surface area contributed by atoms with Crippen molar-refractivity contribution in [2.75, 3.05) is 29.0 Å². The van der Waals surface area contributed by atoms with Crippen LogP contribution in [0.4, 0.5) is 11.4 Å². The van der Waals surface area contributed by atoms with Crippen molar-refractivity contribution >= 4 is 38.9 Å². The molecule has 0 spiro atoms. The summed E-state index contributed by atoms with van der Waals surface area (Å²) in [7, 11) is -1.80. The third-order valence-electron chi connectivity index (χ3n) is 4.44. The highest BCUT2D eigenvalue weighted by atomic mass is 35.5. The van der Waals surface area contributed by atoms with Crippen molar-refractivity contribution in [2.45, 2.75) is 19.8 Å². The third kappa shape index (κ3) is 4.20. The average Bonchev–Trinajstić information content (AvgIpc) is 2.61. The van der Waals surface area contributed by atoms with Gasteiger partial charge in [0, 0.05) is 6.54 Å². The minimum absolute atomic E-state index is 0.125. The van der Waals surface area contributed by atoms with E-state index in [-0.39, 0.29) is 16.3 Å². The Kier molecular flexibility index (Phi) is 5.62. The number of carbonyl (C=O) groups is 1. The Bertz CT molecular complexity index is 976. The molecule has 0 aliphatic carbocycles. The first-order chi connectivity index (χ1) is 12.8. The van der Waals surface area contributed by atoms with Crippen LogP contribution < -0.4 is 14.4 Å². The molecule has 0 bridgehead atoms. The Hall–Kier alpha value is -2.25. The summed E-state index contributed by atoms with van der Waals surface area (Å²) in [6.07, 6.45) is 1.46. The number of hydrogen-bond acceptors (Lipinski definition) is 4. The number of benzene rings is 2. The maximum absolute atomic E-state index is 12.6. The minimum Gasteiger partial charge on any atom is -0.495 e. The average molecular weight is 409 g/mol. The zero-order valence-corrected chi connectivity index (χ0v) is 16.7. The van der Waals surface area contributed by atoms with Crippen LogP contribution in [-0.2, 0) is 10.0 Å². The van der Waals surface area contributed by atoms with E-state index in [1.807, 2.05) is 13.0 Å². The molecule has 0 saturated carbocycles. The number of carbonyl (C=O) groups excluding carboxylic acids is 1. The van der Waals surface area contributed by atoms with Crippen LogP contribution in [0.25, 0.3) is 0 Å². The molecule has 0 unspecified atom stereocenters. The molecule has 144 valence electrons. The minimum atomic E-state index is -3.33. The molecule has 2 aromatic rings. The molecule has 1 saturated heterocycles. The molecule has 1 heterocycles. The van der Waals surface area contributed by atoms with Gasteiger partial charge in [0.05, 0.1) is 34.8 Å². The number of methoxy groups -OCH3 is 1. The fraction of sp³-hybridized carbons (Fsp3) is 0.316. The summed E-state index contributed by atoms with van der Waals surface area (Å²) in [5, 5.41) is 2.99. The molecule has 3 rings (SSSR count). The highest BCUT2D eigenvalue weighted by Crippen LogP contribution is 2.30. The first-order valence-electron chi connectivity index (χ1n) is 8.58. The van der Waals surface area contributed by atoms with E-state index in [1.54, 1.807) is 24.3 Å². The topological polar surface area (TPSA) is 75.7 Å². The van der Waals surface area contributed by atoms with Crippen molar-refractivity contribution in [2.24, 2.45) is 0 Å². The molecule has 1 amide bonds. The molecular formula is C19H21ClN2O4S. The Morgan fingerprint density at radius 1 is 1.19 bits per heavy atom. The van der Waals surface area contributed by atoms with Crippen molar-refractivity contribution in [3.8, 4) is 5.75 Å². The molecule has 0 aromatic heterocycles. The van der Waals surface area contributed by atoms with E-state index in [1.165, 1.54) is 17.5 Å². The highest BCUT2D eigenvalue weighted by molar-refractivity contribution is 7.92. The molecule has 0 radical (unpaired) electrons. The second-order valence-electron chi connectivity index (χ2n) is 6.42. The fourth-order valence-corrected chi connectivity index (χ4v) is 4.92. The summed E-state index contributed by atoms with van der Waals surface area (Å²) in [4.78, 5) is 12.6. The standard InChI is InChI=1S/C19H21ClN2O4S/c1-13-5-8-18(26-2)17(11-13)21-19(23)15-7-6-14(12-16(15)20)22-9-3-4-10-27(22,24)25/h5-8,11-12H,3-4,9-10H2,1-2H3,(H,21,23). The van der Waals surface area contributed by atoms with Gasteiger partial charge in [-0.05, 0) is 55.7 Å². The van der Waals surface area contributed by atoms with Crippen molar-refractivity contribution in [1.29, 1.82) is 0 Å². The lowest BCUT2D eigenvalue weighted by Crippen LogP contribution is -2.37. The molecule has 6 nitrogen and oxygen atoms in total. The first kappa shape index (κ1) is 19.5. The van der Waals surface area contributed by atoms with Gasteiger partial charge in [0.25, 0.3) is 5.91 Å². The second-order valence-corrected chi connectivity index (χ2v) is 8.84. The lowest BCUT2D eigenvalue weighted by atomic mass is 10.1. The monoisotopic (exact) mass is 408 g/mol. The van der Waals surface area contributed by atoms with Gasteiger partial charge in [-0.1, -0.05) is 17.7 Å². The maximum atomic E-state index is 12.6. The van der Waals surface area contributed by atoms with E-state index in [2.05, 4.69) is 5.32 Å². The van der Waals surface area contributed by atoms with Gasteiger partial charge in [-0.15, -0.1) is 0 Å². The molecule has 1 N–H and O–H groups in total. The van der Waals surface area contributed by atoms with Gasteiger partial charge in [-0.3, -0.25) is 9.10 Å². The lowest BCUT2D eigenvalue weighted by molar-refractivity contribution is 0.102. The lowest BCUT2D eigenvalue weighted by Gasteiger charge is -2.28. The summed E-state index contributed by atoms with van der Waals surface area (Å²) in [5.41, 5.74) is 2.26. The number of sulfonamides is 1. The SMILES string of the molecule is COc1ccc(C)cc1NC(=O)c1ccc(N2CCCCS2(=O)=O)cc1Cl. The summed E-state index contributed by atoms with van der Waals surface area (Å²) in [6, 6.07) is 10.1. The van der Waals surface area contributed by atoms with Crippen LogP contribution >= 0.6 is 11.6 Å². The number of nitrogens with zero attached hydrogens (tertiary/aromatic N) is 1. The molecule has 2 aromatic carbocycles. The van der Waals surface area contributed by atoms with Crippen LogP contribution in [0.1, 0.15) is 28.8 Å². The number of amides is 1. The van der Waals surface area contributed by atoms with E-state index < -0.39 is 15.9 Å². The quantitative estimate of drug-likeness (QED) is 0.833. The number of aryl methyl sites for hydroxylation is 1. The zero-order valence-electron chi connectivity index (χ0n) is 15.2. The van der Waals surface area contributed by atoms with Crippen molar-refractivity contribution in [1.82, 2.24) is 0 Å². The molecule has 8 heteroatoms. The van der Waals surface area contributed by atoms with Crippen molar-refractivity contribution < 1.29 is 17.9 Å². The van der Waals surface area contributed by atoms with E-state index in [0.717, 1.165) is 12.0 Å². The number of hydrogen-bond donors (Lipinski definition) is 1. The van der Waals surface area contributed by atoms with Crippen molar-refractivity contribution in [3.05, 3.63) is 52.5 Å². The molecule has 0 atom stereocenters. The van der Waals surface area contributed by atoms with Gasteiger partial charge < -0.3 is 10.1 Å². The van der Waals surface area contributed by atoms with E-state index >= 15 is 0 Å². The van der Waals surface area contributed by atoms with Crippen LogP contribution in [0, 0.1) is 6.92 Å². The molecular weight excluding hydrogens is 388 g/mol. The third-order valence-corrected chi connectivity index (χ3v) is 6.62. The Labute approximate surface area is 164 Å². The normalized spacial score (nSPS) is 16.0. The van der Waals surface area contributed by atoms with Crippen molar-refractivity contribution in [3.63, 3.8) is 0 Å². The van der Waals surface area contributed by atoms with Gasteiger partial charge in [-0.2, -0.15) is 0 Å². The highest BCUT2D eigenvalue weighted by Gasteiger charge is 2.26. The fourth-order valence-electron chi connectivity index (χ4n) is 3.03. The zero-order chi connectivity index (χ0) is 19.6. The molecule has 1 fully saturated rings. The number of rotatable bonds is 4. The number of nitrogens with one attached hydrogen (secondary N) is 1. The Morgan fingerprint density at radius 3 is 2.63 bits per heavy atom. The largest absolute Gasteiger partial charge is 0.495 e. The van der Waals surface area contributed by atoms with Crippen LogP contribution in [-0.4, -0.2) is 33.7 Å². The number of halogens is 1. The molecule has 1 aliphatic heterocycles. The summed E-state index contributed by atoms with van der Waals surface area (Å²) in [5.74, 6) is 0.276. The predicted octanol–water partition coefficient (Wildman–Crippen LogP) is 3.84. The summed E-state index contributed by atoms with van der Waals surface area (Å²) in [6.45, 7) is 2.33. The van der Waals surface area contributed by atoms with E-state index in [9.17, 15) is 13.2 Å². The van der Waals surface area contributed by atoms with Gasteiger partial charge in [0.15, 0.2) is 0 Å². The second kappa shape index (κ2) is 7.78. The maximum Gasteiger partial charge on any atom is 0.257 e. The van der Waals surface area contributed by atoms with Gasteiger partial charge >= 0.3 is 0 Å². The van der Waals surface area contributed by atoms with Crippen LogP contribution in [0.3, 0.4) is 0 Å². The van der Waals surface area contributed by atoms with Gasteiger partial charge in [0.2, 0.25) is 10.0 Å². The van der Waals surface area contributed by atoms with Crippen LogP contribution in [0.5, 0.6) is 5.75 Å². The Morgan fingerprint density at radius 2 is 1.96 bits per heavy atom. The first-order valence-corrected chi connectivity index (χ1v) is 10.6. The van der Waals surface area contributed by atoms with Gasteiger partial charge in [0.1, 0.15) is 5.75 Å². The van der Waals surface area contributed by atoms with Crippen LogP contribution in [0.15, 0.2) is 36.4 Å².